The molecule has 1 heterocycles. The number of ether oxygens (including phenoxy) is 2. The van der Waals surface area contributed by atoms with Crippen LogP contribution in [-0.2, 0) is 9.59 Å². The third-order valence-electron chi connectivity index (χ3n) is 5.34. The second-order valence-corrected chi connectivity index (χ2v) is 7.66. The van der Waals surface area contributed by atoms with E-state index in [1.165, 1.54) is 5.56 Å². The van der Waals surface area contributed by atoms with Gasteiger partial charge in [0.2, 0.25) is 11.8 Å². The molecule has 1 N–H and O–H groups in total. The maximum atomic E-state index is 12.5. The number of hydrogen-bond acceptors (Lipinski definition) is 5. The van der Waals surface area contributed by atoms with Gasteiger partial charge in [0.05, 0.1) is 7.11 Å². The van der Waals surface area contributed by atoms with E-state index in [0.29, 0.717) is 31.1 Å². The Kier molecular flexibility index (Phi) is 8.29. The summed E-state index contributed by atoms with van der Waals surface area (Å²) >= 11 is 0. The molecule has 0 unspecified atom stereocenters. The Labute approximate surface area is 183 Å². The van der Waals surface area contributed by atoms with Crippen molar-refractivity contribution in [2.45, 2.75) is 19.8 Å². The summed E-state index contributed by atoms with van der Waals surface area (Å²) in [6.07, 6.45) is 0.382. The lowest BCUT2D eigenvalue weighted by molar-refractivity contribution is -0.134. The Morgan fingerprint density at radius 2 is 1.71 bits per heavy atom. The van der Waals surface area contributed by atoms with Crippen LogP contribution < -0.4 is 14.8 Å². The lowest BCUT2D eigenvalue weighted by Gasteiger charge is -2.34. The number of hydrogen-bond donors (Lipinski definition) is 1. The first kappa shape index (κ1) is 22.6. The summed E-state index contributed by atoms with van der Waals surface area (Å²) in [6.45, 7) is 6.51. The molecule has 0 radical (unpaired) electrons. The third-order valence-corrected chi connectivity index (χ3v) is 5.34. The van der Waals surface area contributed by atoms with E-state index in [0.717, 1.165) is 25.4 Å². The van der Waals surface area contributed by atoms with Crippen molar-refractivity contribution < 1.29 is 19.1 Å². The van der Waals surface area contributed by atoms with Crippen LogP contribution >= 0.6 is 0 Å². The van der Waals surface area contributed by atoms with Crippen LogP contribution in [0.15, 0.2) is 48.5 Å². The Morgan fingerprint density at radius 3 is 2.42 bits per heavy atom. The fraction of sp³-hybridized carbons (Fsp3) is 0.417. The van der Waals surface area contributed by atoms with Gasteiger partial charge in [0.25, 0.3) is 0 Å². The monoisotopic (exact) mass is 425 g/mol. The van der Waals surface area contributed by atoms with Gasteiger partial charge in [-0.15, -0.1) is 0 Å². The summed E-state index contributed by atoms with van der Waals surface area (Å²) in [5, 5.41) is 2.81. The Morgan fingerprint density at radius 1 is 0.968 bits per heavy atom. The molecule has 7 nitrogen and oxygen atoms in total. The maximum absolute atomic E-state index is 12.5. The lowest BCUT2D eigenvalue weighted by Crippen LogP contribution is -2.49. The summed E-state index contributed by atoms with van der Waals surface area (Å²) in [7, 11) is 1.58. The van der Waals surface area contributed by atoms with E-state index >= 15 is 0 Å². The van der Waals surface area contributed by atoms with Gasteiger partial charge >= 0.3 is 0 Å². The molecule has 166 valence electrons. The third kappa shape index (κ3) is 7.29. The minimum Gasteiger partial charge on any atom is -0.497 e. The molecule has 2 amide bonds. The molecule has 1 fully saturated rings. The zero-order valence-corrected chi connectivity index (χ0v) is 18.3. The highest BCUT2D eigenvalue weighted by Gasteiger charge is 2.21. The molecular weight excluding hydrogens is 394 g/mol. The predicted octanol–water partition coefficient (Wildman–Crippen LogP) is 2.95. The summed E-state index contributed by atoms with van der Waals surface area (Å²) in [4.78, 5) is 28.8. The average Bonchev–Trinajstić information content (AvgIpc) is 2.79. The molecule has 7 heteroatoms. The first-order valence-electron chi connectivity index (χ1n) is 10.7. The van der Waals surface area contributed by atoms with E-state index in [1.54, 1.807) is 19.2 Å². The molecule has 0 saturated carbocycles. The summed E-state index contributed by atoms with van der Waals surface area (Å²) in [6, 6.07) is 15.2. The average molecular weight is 426 g/mol. The fourth-order valence-corrected chi connectivity index (χ4v) is 3.45. The van der Waals surface area contributed by atoms with E-state index < -0.39 is 0 Å². The number of carbonyl (C=O) groups is 2. The van der Waals surface area contributed by atoms with Crippen molar-refractivity contribution in [3.05, 3.63) is 54.1 Å². The van der Waals surface area contributed by atoms with Gasteiger partial charge < -0.3 is 19.7 Å². The van der Waals surface area contributed by atoms with Crippen LogP contribution in [0.2, 0.25) is 0 Å². The quantitative estimate of drug-likeness (QED) is 0.669. The van der Waals surface area contributed by atoms with Crippen LogP contribution in [0.25, 0.3) is 0 Å². The second kappa shape index (κ2) is 11.4. The molecule has 0 spiro atoms. The standard InChI is InChI=1S/C24H31N3O4/c1-19-6-8-21(9-7-19)31-17-16-26-12-14-27(15-13-26)24(29)11-10-23(28)25-20-4-3-5-22(18-20)30-2/h3-9,18H,10-17H2,1-2H3,(H,25,28). The van der Waals surface area contributed by atoms with Crippen molar-refractivity contribution in [2.75, 3.05) is 51.8 Å². The predicted molar refractivity (Wildman–Crippen MR) is 121 cm³/mol. The zero-order chi connectivity index (χ0) is 22.1. The van der Waals surface area contributed by atoms with E-state index in [4.69, 9.17) is 9.47 Å². The van der Waals surface area contributed by atoms with Gasteiger partial charge in [-0.3, -0.25) is 14.5 Å². The fourth-order valence-electron chi connectivity index (χ4n) is 3.45. The largest absolute Gasteiger partial charge is 0.497 e. The number of methoxy groups -OCH3 is 1. The topological polar surface area (TPSA) is 71.1 Å². The van der Waals surface area contributed by atoms with Gasteiger partial charge in [0, 0.05) is 57.3 Å². The van der Waals surface area contributed by atoms with Gasteiger partial charge in [-0.05, 0) is 31.2 Å². The number of nitrogens with zero attached hydrogens (tertiary/aromatic N) is 2. The van der Waals surface area contributed by atoms with Crippen LogP contribution in [0.5, 0.6) is 11.5 Å². The first-order valence-corrected chi connectivity index (χ1v) is 10.7. The molecule has 1 saturated heterocycles. The van der Waals surface area contributed by atoms with Crippen molar-refractivity contribution in [1.29, 1.82) is 0 Å². The van der Waals surface area contributed by atoms with E-state index in [-0.39, 0.29) is 24.7 Å². The molecule has 31 heavy (non-hydrogen) atoms. The number of piperazine rings is 1. The number of rotatable bonds is 9. The molecule has 3 rings (SSSR count). The Balaban J connectivity index is 1.32. The first-order chi connectivity index (χ1) is 15.0. The normalized spacial score (nSPS) is 14.2. The van der Waals surface area contributed by atoms with Crippen molar-refractivity contribution in [3.63, 3.8) is 0 Å². The maximum Gasteiger partial charge on any atom is 0.224 e. The SMILES string of the molecule is COc1cccc(NC(=O)CCC(=O)N2CCN(CCOc3ccc(C)cc3)CC2)c1. The lowest BCUT2D eigenvalue weighted by atomic mass is 10.2. The minimum absolute atomic E-state index is 0.0244. The molecule has 1 aliphatic heterocycles. The highest BCUT2D eigenvalue weighted by Crippen LogP contribution is 2.17. The van der Waals surface area contributed by atoms with Crippen molar-refractivity contribution >= 4 is 17.5 Å². The Bertz CT molecular complexity index is 861. The number of carbonyl (C=O) groups excluding carboxylic acids is 2. The van der Waals surface area contributed by atoms with Gasteiger partial charge in [0.15, 0.2) is 0 Å². The number of amides is 2. The summed E-state index contributed by atoms with van der Waals surface area (Å²) in [5.41, 5.74) is 1.88. The molecule has 2 aromatic rings. The van der Waals surface area contributed by atoms with Crippen molar-refractivity contribution in [2.24, 2.45) is 0 Å². The van der Waals surface area contributed by atoms with Crippen LogP contribution in [0.4, 0.5) is 5.69 Å². The smallest absolute Gasteiger partial charge is 0.224 e. The second-order valence-electron chi connectivity index (χ2n) is 7.66. The van der Waals surface area contributed by atoms with E-state index in [2.05, 4.69) is 17.1 Å². The molecule has 0 atom stereocenters. The molecule has 0 aromatic heterocycles. The number of nitrogens with one attached hydrogen (secondary N) is 1. The van der Waals surface area contributed by atoms with Crippen molar-refractivity contribution in [3.8, 4) is 11.5 Å². The highest BCUT2D eigenvalue weighted by atomic mass is 16.5. The number of anilines is 1. The minimum atomic E-state index is -0.173. The highest BCUT2D eigenvalue weighted by molar-refractivity contribution is 5.93. The Hall–Kier alpha value is -3.06. The molecule has 0 bridgehead atoms. The number of aryl methyl sites for hydroxylation is 1. The molecule has 2 aromatic carbocycles. The van der Waals surface area contributed by atoms with Crippen LogP contribution in [0.3, 0.4) is 0 Å². The number of benzene rings is 2. The van der Waals surface area contributed by atoms with E-state index in [1.807, 2.05) is 41.3 Å². The van der Waals surface area contributed by atoms with Crippen LogP contribution in [0.1, 0.15) is 18.4 Å². The molecule has 0 aliphatic carbocycles. The van der Waals surface area contributed by atoms with Gasteiger partial charge in [0.1, 0.15) is 18.1 Å². The van der Waals surface area contributed by atoms with Gasteiger partial charge in [-0.2, -0.15) is 0 Å². The van der Waals surface area contributed by atoms with Gasteiger partial charge in [-0.1, -0.05) is 23.8 Å². The van der Waals surface area contributed by atoms with Gasteiger partial charge in [-0.25, -0.2) is 0 Å². The van der Waals surface area contributed by atoms with E-state index in [9.17, 15) is 9.59 Å². The summed E-state index contributed by atoms with van der Waals surface area (Å²) in [5.74, 6) is 1.41. The summed E-state index contributed by atoms with van der Waals surface area (Å²) < 4.78 is 10.9. The molecular formula is C24H31N3O4. The van der Waals surface area contributed by atoms with Crippen molar-refractivity contribution in [1.82, 2.24) is 9.80 Å². The zero-order valence-electron chi connectivity index (χ0n) is 18.3. The molecule has 1 aliphatic rings. The van der Waals surface area contributed by atoms with Crippen LogP contribution in [0, 0.1) is 6.92 Å². The van der Waals surface area contributed by atoms with Crippen LogP contribution in [-0.4, -0.2) is 68.1 Å².